The Hall–Kier alpha value is -2.19. The molecule has 0 atom stereocenters. The number of nitrogens with zero attached hydrogens (tertiary/aromatic N) is 4. The number of ether oxygens (including phenoxy) is 1. The van der Waals surface area contributed by atoms with Gasteiger partial charge in [0.1, 0.15) is 11.6 Å². The number of rotatable bonds is 9. The molecular formula is C19H27N5O2S. The Morgan fingerprint density at radius 2 is 2.15 bits per heavy atom. The van der Waals surface area contributed by atoms with Crippen LogP contribution in [0, 0.1) is 4.77 Å². The maximum absolute atomic E-state index is 12.6. The van der Waals surface area contributed by atoms with Gasteiger partial charge in [-0.1, -0.05) is 19.1 Å². The molecule has 1 amide bonds. The number of anilines is 1. The Labute approximate surface area is 164 Å². The van der Waals surface area contributed by atoms with E-state index in [9.17, 15) is 4.79 Å². The summed E-state index contributed by atoms with van der Waals surface area (Å²) in [6.45, 7) is 3.66. The molecule has 2 aromatic rings. The second-order valence-electron chi connectivity index (χ2n) is 6.92. The molecule has 8 heteroatoms. The minimum Gasteiger partial charge on any atom is -0.495 e. The molecular weight excluding hydrogens is 362 g/mol. The standard InChI is InChI=1S/C19H27N5O2S/c1-4-11-23(12-17(25)20-15-7-5-6-8-16(15)26-3)13-24-19(27)22(2)18(21-24)14-9-10-14/h5-8,14H,4,9-13H2,1-3H3,(H,20,25). The molecule has 0 saturated heterocycles. The number of carbonyl (C=O) groups excluding carboxylic acids is 1. The maximum atomic E-state index is 12.6. The zero-order chi connectivity index (χ0) is 19.4. The Balaban J connectivity index is 1.68. The summed E-state index contributed by atoms with van der Waals surface area (Å²) in [5.41, 5.74) is 0.673. The fraction of sp³-hybridized carbons (Fsp3) is 0.526. The lowest BCUT2D eigenvalue weighted by Crippen LogP contribution is -2.35. The van der Waals surface area contributed by atoms with E-state index >= 15 is 0 Å². The van der Waals surface area contributed by atoms with Crippen LogP contribution in [0.2, 0.25) is 0 Å². The zero-order valence-electron chi connectivity index (χ0n) is 16.1. The first kappa shape index (κ1) is 19.6. The first-order valence-electron chi connectivity index (χ1n) is 9.32. The van der Waals surface area contributed by atoms with Crippen LogP contribution >= 0.6 is 12.2 Å². The van der Waals surface area contributed by atoms with Gasteiger partial charge in [-0.15, -0.1) is 0 Å². The van der Waals surface area contributed by atoms with Crippen LogP contribution in [0.15, 0.2) is 24.3 Å². The number of benzene rings is 1. The van der Waals surface area contributed by atoms with E-state index in [2.05, 4.69) is 17.1 Å². The van der Waals surface area contributed by atoms with Crippen LogP contribution in [0.1, 0.15) is 37.9 Å². The summed E-state index contributed by atoms with van der Waals surface area (Å²) in [5.74, 6) is 2.15. The van der Waals surface area contributed by atoms with Gasteiger partial charge in [-0.2, -0.15) is 5.10 Å². The van der Waals surface area contributed by atoms with Gasteiger partial charge in [-0.05, 0) is 43.6 Å². The first-order chi connectivity index (χ1) is 13.0. The van der Waals surface area contributed by atoms with E-state index in [0.717, 1.165) is 18.8 Å². The second kappa shape index (κ2) is 8.67. The summed E-state index contributed by atoms with van der Waals surface area (Å²) < 4.78 is 9.81. The van der Waals surface area contributed by atoms with Gasteiger partial charge in [-0.25, -0.2) is 4.68 Å². The molecule has 27 heavy (non-hydrogen) atoms. The minimum atomic E-state index is -0.0854. The van der Waals surface area contributed by atoms with Crippen molar-refractivity contribution in [2.24, 2.45) is 7.05 Å². The Kier molecular flexibility index (Phi) is 6.28. The van der Waals surface area contributed by atoms with Gasteiger partial charge in [0, 0.05) is 19.5 Å². The van der Waals surface area contributed by atoms with Gasteiger partial charge in [0.05, 0.1) is 26.0 Å². The Bertz CT molecular complexity index is 856. The molecule has 1 fully saturated rings. The average Bonchev–Trinajstić information content (AvgIpc) is 3.45. The largest absolute Gasteiger partial charge is 0.495 e. The molecule has 3 rings (SSSR count). The highest BCUT2D eigenvalue weighted by atomic mass is 32.1. The summed E-state index contributed by atoms with van der Waals surface area (Å²) in [7, 11) is 3.56. The predicted octanol–water partition coefficient (Wildman–Crippen LogP) is 3.15. The molecule has 0 aliphatic heterocycles. The summed E-state index contributed by atoms with van der Waals surface area (Å²) in [6.07, 6.45) is 3.30. The third-order valence-electron chi connectivity index (χ3n) is 4.64. The highest BCUT2D eigenvalue weighted by molar-refractivity contribution is 7.71. The van der Waals surface area contributed by atoms with E-state index in [1.165, 1.54) is 12.8 Å². The number of nitrogens with one attached hydrogen (secondary N) is 1. The van der Waals surface area contributed by atoms with Crippen LogP contribution in [0.5, 0.6) is 5.75 Å². The smallest absolute Gasteiger partial charge is 0.238 e. The summed E-state index contributed by atoms with van der Waals surface area (Å²) in [4.78, 5) is 14.6. The first-order valence-corrected chi connectivity index (χ1v) is 9.73. The van der Waals surface area contributed by atoms with Crippen LogP contribution in [0.4, 0.5) is 5.69 Å². The second-order valence-corrected chi connectivity index (χ2v) is 7.28. The monoisotopic (exact) mass is 389 g/mol. The van der Waals surface area contributed by atoms with Gasteiger partial charge >= 0.3 is 0 Å². The average molecular weight is 390 g/mol. The SMILES string of the molecule is CCCN(CC(=O)Nc1ccccc1OC)Cn1nc(C2CC2)n(C)c1=S. The fourth-order valence-electron chi connectivity index (χ4n) is 3.14. The minimum absolute atomic E-state index is 0.0854. The molecule has 0 spiro atoms. The molecule has 0 bridgehead atoms. The lowest BCUT2D eigenvalue weighted by molar-refractivity contribution is -0.117. The number of para-hydroxylation sites is 2. The molecule has 7 nitrogen and oxygen atoms in total. The summed E-state index contributed by atoms with van der Waals surface area (Å²) in [6, 6.07) is 7.40. The molecule has 1 aliphatic rings. The van der Waals surface area contributed by atoms with E-state index in [0.29, 0.717) is 28.8 Å². The summed E-state index contributed by atoms with van der Waals surface area (Å²) >= 11 is 5.53. The van der Waals surface area contributed by atoms with Crippen molar-refractivity contribution >= 4 is 23.8 Å². The van der Waals surface area contributed by atoms with Crippen molar-refractivity contribution in [1.29, 1.82) is 0 Å². The lowest BCUT2D eigenvalue weighted by Gasteiger charge is -2.21. The number of hydrogen-bond donors (Lipinski definition) is 1. The third kappa shape index (κ3) is 4.75. The molecule has 1 heterocycles. The van der Waals surface area contributed by atoms with Gasteiger partial charge in [-0.3, -0.25) is 9.69 Å². The van der Waals surface area contributed by atoms with E-state index < -0.39 is 0 Å². The number of hydrogen-bond acceptors (Lipinski definition) is 5. The normalized spacial score (nSPS) is 13.8. The fourth-order valence-corrected chi connectivity index (χ4v) is 3.33. The summed E-state index contributed by atoms with van der Waals surface area (Å²) in [5, 5.41) is 7.62. The highest BCUT2D eigenvalue weighted by Crippen LogP contribution is 2.38. The predicted molar refractivity (Wildman–Crippen MR) is 107 cm³/mol. The van der Waals surface area contributed by atoms with Crippen LogP contribution in [-0.2, 0) is 18.5 Å². The number of carbonyl (C=O) groups is 1. The van der Waals surface area contributed by atoms with Gasteiger partial charge in [0.15, 0.2) is 4.77 Å². The molecule has 146 valence electrons. The van der Waals surface area contributed by atoms with Crippen molar-refractivity contribution in [2.75, 3.05) is 25.5 Å². The quantitative estimate of drug-likeness (QED) is 0.668. The third-order valence-corrected chi connectivity index (χ3v) is 5.12. The van der Waals surface area contributed by atoms with Crippen LogP contribution < -0.4 is 10.1 Å². The van der Waals surface area contributed by atoms with E-state index in [-0.39, 0.29) is 12.5 Å². The van der Waals surface area contributed by atoms with E-state index in [1.54, 1.807) is 7.11 Å². The molecule has 0 unspecified atom stereocenters. The van der Waals surface area contributed by atoms with Crippen LogP contribution in [0.3, 0.4) is 0 Å². The van der Waals surface area contributed by atoms with Crippen molar-refractivity contribution < 1.29 is 9.53 Å². The Morgan fingerprint density at radius 1 is 1.41 bits per heavy atom. The highest BCUT2D eigenvalue weighted by Gasteiger charge is 2.29. The van der Waals surface area contributed by atoms with Crippen molar-refractivity contribution in [1.82, 2.24) is 19.2 Å². The number of aromatic nitrogens is 3. The molecule has 1 aliphatic carbocycles. The van der Waals surface area contributed by atoms with Crippen molar-refractivity contribution in [3.8, 4) is 5.75 Å². The van der Waals surface area contributed by atoms with Crippen LogP contribution in [-0.4, -0.2) is 45.4 Å². The van der Waals surface area contributed by atoms with Crippen molar-refractivity contribution in [3.63, 3.8) is 0 Å². The zero-order valence-corrected chi connectivity index (χ0v) is 17.0. The molecule has 1 saturated carbocycles. The molecule has 1 aromatic heterocycles. The van der Waals surface area contributed by atoms with Gasteiger partial charge in [0.25, 0.3) is 0 Å². The lowest BCUT2D eigenvalue weighted by atomic mass is 10.3. The topological polar surface area (TPSA) is 64.3 Å². The van der Waals surface area contributed by atoms with Crippen molar-refractivity contribution in [3.05, 3.63) is 34.9 Å². The molecule has 0 radical (unpaired) electrons. The van der Waals surface area contributed by atoms with E-state index in [4.69, 9.17) is 22.1 Å². The Morgan fingerprint density at radius 3 is 2.81 bits per heavy atom. The van der Waals surface area contributed by atoms with Gasteiger partial charge < -0.3 is 14.6 Å². The number of amides is 1. The van der Waals surface area contributed by atoms with Gasteiger partial charge in [0.2, 0.25) is 5.91 Å². The maximum Gasteiger partial charge on any atom is 0.238 e. The molecule has 1 N–H and O–H groups in total. The van der Waals surface area contributed by atoms with Crippen LogP contribution in [0.25, 0.3) is 0 Å². The molecule has 1 aromatic carbocycles. The van der Waals surface area contributed by atoms with E-state index in [1.807, 2.05) is 40.6 Å². The van der Waals surface area contributed by atoms with Crippen molar-refractivity contribution in [2.45, 2.75) is 38.8 Å². The number of methoxy groups -OCH3 is 1.